The number of ether oxygens (including phenoxy) is 1. The highest BCUT2D eigenvalue weighted by molar-refractivity contribution is 4.90. The lowest BCUT2D eigenvalue weighted by molar-refractivity contribution is 0.0624. The van der Waals surface area contributed by atoms with Gasteiger partial charge in [0.25, 0.3) is 0 Å². The van der Waals surface area contributed by atoms with Gasteiger partial charge in [0.2, 0.25) is 0 Å². The van der Waals surface area contributed by atoms with E-state index in [0.717, 1.165) is 52.2 Å². The van der Waals surface area contributed by atoms with Crippen LogP contribution in [0.4, 0.5) is 0 Å². The lowest BCUT2D eigenvalue weighted by Crippen LogP contribution is -2.49. The third-order valence-electron chi connectivity index (χ3n) is 4.68. The standard InChI is InChI=1S/C15H30N2O2/c1-2-16-11-15(7-9-19-13-15)12-17-8-5-3-4-6-14(17)10-18/h14,16,18H,2-13H2,1H3. The Morgan fingerprint density at radius 1 is 1.37 bits per heavy atom. The molecule has 112 valence electrons. The molecule has 0 aromatic carbocycles. The molecule has 2 atom stereocenters. The summed E-state index contributed by atoms with van der Waals surface area (Å²) in [5.74, 6) is 0. The summed E-state index contributed by atoms with van der Waals surface area (Å²) in [4.78, 5) is 2.53. The van der Waals surface area contributed by atoms with Crippen LogP contribution >= 0.6 is 0 Å². The van der Waals surface area contributed by atoms with Crippen LogP contribution in [0, 0.1) is 5.41 Å². The summed E-state index contributed by atoms with van der Waals surface area (Å²) in [6.45, 7) is 8.50. The Kier molecular flexibility index (Phi) is 6.07. The van der Waals surface area contributed by atoms with Crippen LogP contribution in [0.1, 0.15) is 39.0 Å². The van der Waals surface area contributed by atoms with Crippen LogP contribution in [-0.4, -0.2) is 62.0 Å². The Labute approximate surface area is 117 Å². The molecule has 2 rings (SSSR count). The third-order valence-corrected chi connectivity index (χ3v) is 4.68. The van der Waals surface area contributed by atoms with Crippen molar-refractivity contribution in [1.29, 1.82) is 0 Å². The second-order valence-corrected chi connectivity index (χ2v) is 6.24. The fourth-order valence-corrected chi connectivity index (χ4v) is 3.44. The number of likely N-dealkylation sites (tertiary alicyclic amines) is 1. The van der Waals surface area contributed by atoms with Gasteiger partial charge in [-0.2, -0.15) is 0 Å². The number of nitrogens with one attached hydrogen (secondary N) is 1. The maximum Gasteiger partial charge on any atom is 0.0586 e. The van der Waals surface area contributed by atoms with Gasteiger partial charge in [0, 0.05) is 31.2 Å². The molecular formula is C15H30N2O2. The molecule has 4 heteroatoms. The molecule has 0 spiro atoms. The average molecular weight is 270 g/mol. The molecule has 2 saturated heterocycles. The van der Waals surface area contributed by atoms with E-state index in [0.29, 0.717) is 12.6 Å². The third kappa shape index (κ3) is 4.15. The van der Waals surface area contributed by atoms with Crippen LogP contribution in [-0.2, 0) is 4.74 Å². The first kappa shape index (κ1) is 15.2. The predicted molar refractivity (Wildman–Crippen MR) is 77.3 cm³/mol. The summed E-state index contributed by atoms with van der Waals surface area (Å²) in [6, 6.07) is 0.363. The van der Waals surface area contributed by atoms with Crippen molar-refractivity contribution in [2.45, 2.75) is 45.1 Å². The van der Waals surface area contributed by atoms with Gasteiger partial charge >= 0.3 is 0 Å². The van der Waals surface area contributed by atoms with Crippen molar-refractivity contribution >= 4 is 0 Å². The largest absolute Gasteiger partial charge is 0.395 e. The number of hydrogen-bond acceptors (Lipinski definition) is 4. The van der Waals surface area contributed by atoms with Crippen LogP contribution in [0.5, 0.6) is 0 Å². The summed E-state index contributed by atoms with van der Waals surface area (Å²) in [7, 11) is 0. The molecule has 19 heavy (non-hydrogen) atoms. The van der Waals surface area contributed by atoms with Gasteiger partial charge in [0.15, 0.2) is 0 Å². The molecule has 0 amide bonds. The molecule has 2 N–H and O–H groups in total. The molecule has 2 fully saturated rings. The van der Waals surface area contributed by atoms with Crippen molar-refractivity contribution < 1.29 is 9.84 Å². The Bertz CT molecular complexity index is 255. The van der Waals surface area contributed by atoms with Gasteiger partial charge in [-0.1, -0.05) is 19.8 Å². The van der Waals surface area contributed by atoms with Gasteiger partial charge in [-0.15, -0.1) is 0 Å². The highest BCUT2D eigenvalue weighted by atomic mass is 16.5. The fraction of sp³-hybridized carbons (Fsp3) is 1.00. The molecule has 0 aromatic rings. The second kappa shape index (κ2) is 7.58. The maximum atomic E-state index is 9.63. The molecule has 0 aliphatic carbocycles. The van der Waals surface area contributed by atoms with Gasteiger partial charge in [-0.25, -0.2) is 0 Å². The zero-order valence-electron chi connectivity index (χ0n) is 12.4. The van der Waals surface area contributed by atoms with E-state index in [1.165, 1.54) is 19.3 Å². The highest BCUT2D eigenvalue weighted by Gasteiger charge is 2.37. The van der Waals surface area contributed by atoms with Gasteiger partial charge in [0.1, 0.15) is 0 Å². The van der Waals surface area contributed by atoms with Gasteiger partial charge in [0.05, 0.1) is 13.2 Å². The number of hydrogen-bond donors (Lipinski definition) is 2. The predicted octanol–water partition coefficient (Wildman–Crippen LogP) is 1.24. The number of rotatable bonds is 6. The minimum atomic E-state index is 0.258. The number of aliphatic hydroxyl groups is 1. The van der Waals surface area contributed by atoms with Crippen LogP contribution in [0.15, 0.2) is 0 Å². The fourth-order valence-electron chi connectivity index (χ4n) is 3.44. The molecular weight excluding hydrogens is 240 g/mol. The van der Waals surface area contributed by atoms with Crippen molar-refractivity contribution in [3.63, 3.8) is 0 Å². The minimum Gasteiger partial charge on any atom is -0.395 e. The monoisotopic (exact) mass is 270 g/mol. The Balaban J connectivity index is 1.97. The quantitative estimate of drug-likeness (QED) is 0.762. The Hall–Kier alpha value is -0.160. The van der Waals surface area contributed by atoms with E-state index in [-0.39, 0.29) is 5.41 Å². The highest BCUT2D eigenvalue weighted by Crippen LogP contribution is 2.31. The molecule has 4 nitrogen and oxygen atoms in total. The van der Waals surface area contributed by atoms with Crippen molar-refractivity contribution in [3.05, 3.63) is 0 Å². The van der Waals surface area contributed by atoms with Crippen LogP contribution in [0.25, 0.3) is 0 Å². The summed E-state index contributed by atoms with van der Waals surface area (Å²) in [5.41, 5.74) is 0.258. The van der Waals surface area contributed by atoms with Crippen molar-refractivity contribution in [2.75, 3.05) is 46.0 Å². The van der Waals surface area contributed by atoms with Crippen molar-refractivity contribution in [2.24, 2.45) is 5.41 Å². The van der Waals surface area contributed by atoms with Gasteiger partial charge in [-0.3, -0.25) is 4.90 Å². The normalized spacial score (nSPS) is 33.5. The van der Waals surface area contributed by atoms with E-state index < -0.39 is 0 Å². The Morgan fingerprint density at radius 3 is 2.95 bits per heavy atom. The zero-order valence-corrected chi connectivity index (χ0v) is 12.4. The van der Waals surface area contributed by atoms with Gasteiger partial charge < -0.3 is 15.2 Å². The summed E-state index contributed by atoms with van der Waals surface area (Å²) >= 11 is 0. The van der Waals surface area contributed by atoms with Gasteiger partial charge in [-0.05, 0) is 32.4 Å². The maximum absolute atomic E-state index is 9.63. The molecule has 0 bridgehead atoms. The summed E-state index contributed by atoms with van der Waals surface area (Å²) in [5, 5.41) is 13.1. The zero-order chi connectivity index (χ0) is 13.6. The average Bonchev–Trinajstić information content (AvgIpc) is 2.77. The number of nitrogens with zero attached hydrogens (tertiary/aromatic N) is 1. The lowest BCUT2D eigenvalue weighted by atomic mass is 9.86. The van der Waals surface area contributed by atoms with Crippen molar-refractivity contribution in [3.8, 4) is 0 Å². The van der Waals surface area contributed by atoms with Crippen LogP contribution < -0.4 is 5.32 Å². The lowest BCUT2D eigenvalue weighted by Gasteiger charge is -2.37. The number of aliphatic hydroxyl groups excluding tert-OH is 1. The first-order valence-corrected chi connectivity index (χ1v) is 7.93. The summed E-state index contributed by atoms with van der Waals surface area (Å²) < 4.78 is 5.67. The van der Waals surface area contributed by atoms with E-state index in [2.05, 4.69) is 17.1 Å². The molecule has 2 aliphatic heterocycles. The molecule has 2 heterocycles. The van der Waals surface area contributed by atoms with E-state index in [4.69, 9.17) is 4.74 Å². The van der Waals surface area contributed by atoms with E-state index >= 15 is 0 Å². The van der Waals surface area contributed by atoms with Crippen molar-refractivity contribution in [1.82, 2.24) is 10.2 Å². The molecule has 0 saturated carbocycles. The van der Waals surface area contributed by atoms with Crippen LogP contribution in [0.3, 0.4) is 0 Å². The summed E-state index contributed by atoms with van der Waals surface area (Å²) in [6.07, 6.45) is 6.14. The topological polar surface area (TPSA) is 44.7 Å². The van der Waals surface area contributed by atoms with E-state index in [1.807, 2.05) is 0 Å². The molecule has 2 aliphatic rings. The first-order chi connectivity index (χ1) is 9.29. The Morgan fingerprint density at radius 2 is 2.26 bits per heavy atom. The molecule has 2 unspecified atom stereocenters. The second-order valence-electron chi connectivity index (χ2n) is 6.24. The first-order valence-electron chi connectivity index (χ1n) is 7.93. The minimum absolute atomic E-state index is 0.258. The SMILES string of the molecule is CCNCC1(CN2CCCCCC2CO)CCOC1. The smallest absolute Gasteiger partial charge is 0.0586 e. The van der Waals surface area contributed by atoms with E-state index in [9.17, 15) is 5.11 Å². The molecule has 0 aromatic heterocycles. The van der Waals surface area contributed by atoms with Crippen LogP contribution in [0.2, 0.25) is 0 Å². The molecule has 0 radical (unpaired) electrons. The van der Waals surface area contributed by atoms with E-state index in [1.54, 1.807) is 0 Å².